The number of ether oxygens (including phenoxy) is 2. The largest absolute Gasteiger partial charge is 0.494 e. The first kappa shape index (κ1) is 23.4. The molecule has 3 rings (SSSR count). The molecule has 0 bridgehead atoms. The van der Waals surface area contributed by atoms with Crippen molar-refractivity contribution in [1.29, 1.82) is 0 Å². The van der Waals surface area contributed by atoms with Crippen molar-refractivity contribution < 1.29 is 9.47 Å². The van der Waals surface area contributed by atoms with Gasteiger partial charge in [-0.05, 0) is 54.2 Å². The Morgan fingerprint density at radius 3 is 2.06 bits per heavy atom. The molecule has 0 saturated heterocycles. The summed E-state index contributed by atoms with van der Waals surface area (Å²) in [6, 6.07) is 17.2. The Labute approximate surface area is 188 Å². The van der Waals surface area contributed by atoms with Crippen molar-refractivity contribution in [3.05, 3.63) is 54.1 Å². The lowest BCUT2D eigenvalue weighted by atomic mass is 10.0. The summed E-state index contributed by atoms with van der Waals surface area (Å²) in [5, 5.41) is 0. The van der Waals surface area contributed by atoms with Crippen molar-refractivity contribution in [2.24, 2.45) is 10.9 Å². The molecule has 1 aliphatic heterocycles. The number of unbranched alkanes of at least 4 members (excludes halogenated alkanes) is 6. The number of nitrogens with zero attached hydrogens (tertiary/aromatic N) is 1. The molecule has 0 amide bonds. The first-order valence-corrected chi connectivity index (χ1v) is 12.2. The summed E-state index contributed by atoms with van der Waals surface area (Å²) in [5.41, 5.74) is 3.45. The van der Waals surface area contributed by atoms with Crippen molar-refractivity contribution in [3.8, 4) is 16.9 Å². The van der Waals surface area contributed by atoms with Crippen LogP contribution in [0.3, 0.4) is 0 Å². The molecule has 0 fully saturated rings. The summed E-state index contributed by atoms with van der Waals surface area (Å²) in [4.78, 5) is 4.75. The van der Waals surface area contributed by atoms with Gasteiger partial charge in [-0.3, -0.25) is 0 Å². The molecule has 0 spiro atoms. The Morgan fingerprint density at radius 2 is 1.42 bits per heavy atom. The Morgan fingerprint density at radius 1 is 0.839 bits per heavy atom. The van der Waals surface area contributed by atoms with Gasteiger partial charge in [0, 0.05) is 5.56 Å². The molecular weight excluding hydrogens is 382 g/mol. The zero-order valence-electron chi connectivity index (χ0n) is 19.6. The minimum Gasteiger partial charge on any atom is -0.494 e. The monoisotopic (exact) mass is 421 g/mol. The van der Waals surface area contributed by atoms with Crippen LogP contribution < -0.4 is 4.74 Å². The van der Waals surface area contributed by atoms with Crippen molar-refractivity contribution >= 4 is 5.90 Å². The van der Waals surface area contributed by atoms with E-state index in [9.17, 15) is 0 Å². The molecule has 1 aliphatic rings. The summed E-state index contributed by atoms with van der Waals surface area (Å²) in [6.45, 7) is 8.23. The van der Waals surface area contributed by atoms with Crippen LogP contribution in [0.1, 0.15) is 77.7 Å². The van der Waals surface area contributed by atoms with E-state index in [1.807, 2.05) is 0 Å². The molecule has 168 valence electrons. The van der Waals surface area contributed by atoms with Crippen LogP contribution in [0.25, 0.3) is 11.1 Å². The van der Waals surface area contributed by atoms with Gasteiger partial charge in [0.25, 0.3) is 0 Å². The Balaban J connectivity index is 1.45. The quantitative estimate of drug-likeness (QED) is 0.311. The van der Waals surface area contributed by atoms with Gasteiger partial charge in [0.05, 0.1) is 12.6 Å². The summed E-state index contributed by atoms with van der Waals surface area (Å²) in [5.74, 6) is 2.38. The predicted octanol–water partition coefficient (Wildman–Crippen LogP) is 7.67. The number of hydrogen-bond donors (Lipinski definition) is 0. The Kier molecular flexibility index (Phi) is 9.45. The van der Waals surface area contributed by atoms with Gasteiger partial charge in [-0.1, -0.05) is 83.6 Å². The molecule has 2 aromatic carbocycles. The van der Waals surface area contributed by atoms with E-state index < -0.39 is 0 Å². The molecular formula is C28H39NO2. The van der Waals surface area contributed by atoms with Gasteiger partial charge >= 0.3 is 0 Å². The zero-order chi connectivity index (χ0) is 21.9. The van der Waals surface area contributed by atoms with Gasteiger partial charge in [0.2, 0.25) is 5.90 Å². The second-order valence-corrected chi connectivity index (χ2v) is 9.10. The molecule has 3 heteroatoms. The molecule has 31 heavy (non-hydrogen) atoms. The maximum absolute atomic E-state index is 5.92. The number of aliphatic imine (C=N–C) groups is 1. The fourth-order valence-corrected chi connectivity index (χ4v) is 4.04. The lowest BCUT2D eigenvalue weighted by Crippen LogP contribution is -2.09. The van der Waals surface area contributed by atoms with Gasteiger partial charge < -0.3 is 9.47 Å². The highest BCUT2D eigenvalue weighted by Crippen LogP contribution is 2.24. The van der Waals surface area contributed by atoms with E-state index in [2.05, 4.69) is 69.3 Å². The van der Waals surface area contributed by atoms with Crippen LogP contribution in [0.2, 0.25) is 0 Å². The standard InChI is InChI=1S/C28H39NO2/c1-4-5-6-7-8-9-10-19-30-27-17-15-24(16-18-27)23-11-13-25(14-12-23)28-29-26(21-31-28)20-22(2)3/h11-18,22,26H,4-10,19-21H2,1-3H3/t26-/m0/s1. The van der Waals surface area contributed by atoms with Crippen molar-refractivity contribution in [2.75, 3.05) is 13.2 Å². The van der Waals surface area contributed by atoms with Crippen LogP contribution in [-0.2, 0) is 4.74 Å². The van der Waals surface area contributed by atoms with Crippen LogP contribution in [-0.4, -0.2) is 25.2 Å². The van der Waals surface area contributed by atoms with Crippen molar-refractivity contribution in [3.63, 3.8) is 0 Å². The minimum atomic E-state index is 0.295. The van der Waals surface area contributed by atoms with E-state index in [1.165, 1.54) is 49.7 Å². The summed E-state index contributed by atoms with van der Waals surface area (Å²) in [7, 11) is 0. The molecule has 2 aromatic rings. The van der Waals surface area contributed by atoms with Crippen molar-refractivity contribution in [1.82, 2.24) is 0 Å². The van der Waals surface area contributed by atoms with E-state index in [1.54, 1.807) is 0 Å². The number of hydrogen-bond acceptors (Lipinski definition) is 3. The van der Waals surface area contributed by atoms with Gasteiger partial charge in [0.15, 0.2) is 0 Å². The second kappa shape index (κ2) is 12.5. The molecule has 0 aromatic heterocycles. The van der Waals surface area contributed by atoms with Crippen LogP contribution in [0.15, 0.2) is 53.5 Å². The normalized spacial score (nSPS) is 15.7. The highest BCUT2D eigenvalue weighted by molar-refractivity contribution is 5.95. The zero-order valence-corrected chi connectivity index (χ0v) is 19.6. The molecule has 0 N–H and O–H groups in total. The van der Waals surface area contributed by atoms with Crippen molar-refractivity contribution in [2.45, 2.75) is 78.2 Å². The number of rotatable bonds is 13. The van der Waals surface area contributed by atoms with E-state index in [0.717, 1.165) is 36.7 Å². The predicted molar refractivity (Wildman–Crippen MR) is 131 cm³/mol. The fourth-order valence-electron chi connectivity index (χ4n) is 4.04. The third-order valence-electron chi connectivity index (χ3n) is 5.79. The lowest BCUT2D eigenvalue weighted by molar-refractivity contribution is 0.301. The third-order valence-corrected chi connectivity index (χ3v) is 5.79. The first-order valence-electron chi connectivity index (χ1n) is 12.2. The maximum Gasteiger partial charge on any atom is 0.216 e. The van der Waals surface area contributed by atoms with Crippen LogP contribution in [0.4, 0.5) is 0 Å². The summed E-state index contributed by atoms with van der Waals surface area (Å²) < 4.78 is 11.7. The van der Waals surface area contributed by atoms with Gasteiger partial charge in [-0.25, -0.2) is 4.99 Å². The molecule has 0 aliphatic carbocycles. The molecule has 0 unspecified atom stereocenters. The van der Waals surface area contributed by atoms with Crippen LogP contribution in [0, 0.1) is 5.92 Å². The molecule has 1 heterocycles. The topological polar surface area (TPSA) is 30.8 Å². The average Bonchev–Trinajstić information content (AvgIpc) is 3.24. The summed E-state index contributed by atoms with van der Waals surface area (Å²) >= 11 is 0. The molecule has 0 radical (unpaired) electrons. The number of benzene rings is 2. The maximum atomic E-state index is 5.92. The van der Waals surface area contributed by atoms with E-state index >= 15 is 0 Å². The van der Waals surface area contributed by atoms with Gasteiger partial charge in [-0.15, -0.1) is 0 Å². The summed E-state index contributed by atoms with van der Waals surface area (Å²) in [6.07, 6.45) is 10.2. The van der Waals surface area contributed by atoms with E-state index in [-0.39, 0.29) is 0 Å². The Bertz CT molecular complexity index is 793. The highest BCUT2D eigenvalue weighted by atomic mass is 16.5. The second-order valence-electron chi connectivity index (χ2n) is 9.10. The lowest BCUT2D eigenvalue weighted by Gasteiger charge is -2.08. The SMILES string of the molecule is CCCCCCCCCOc1ccc(-c2ccc(C3=N[C@@H](CC(C)C)CO3)cc2)cc1. The third kappa shape index (κ3) is 7.72. The fraction of sp³-hybridized carbons (Fsp3) is 0.536. The van der Waals surface area contributed by atoms with Crippen LogP contribution in [0.5, 0.6) is 5.75 Å². The first-order chi connectivity index (χ1) is 15.2. The average molecular weight is 422 g/mol. The smallest absolute Gasteiger partial charge is 0.216 e. The molecule has 1 atom stereocenters. The highest BCUT2D eigenvalue weighted by Gasteiger charge is 2.20. The molecule has 0 saturated carbocycles. The minimum absolute atomic E-state index is 0.295. The van der Waals surface area contributed by atoms with Gasteiger partial charge in [0.1, 0.15) is 12.4 Å². The van der Waals surface area contributed by atoms with E-state index in [0.29, 0.717) is 18.6 Å². The van der Waals surface area contributed by atoms with Gasteiger partial charge in [-0.2, -0.15) is 0 Å². The van der Waals surface area contributed by atoms with Crippen LogP contribution >= 0.6 is 0 Å². The molecule has 3 nitrogen and oxygen atoms in total. The van der Waals surface area contributed by atoms with E-state index in [4.69, 9.17) is 14.5 Å². The Hall–Kier alpha value is -2.29.